The molecule has 8 rings (SSSR count). The van der Waals surface area contributed by atoms with Gasteiger partial charge in [0, 0.05) is 25.8 Å². The second-order valence-electron chi connectivity index (χ2n) is 12.6. The van der Waals surface area contributed by atoms with Gasteiger partial charge in [-0.2, -0.15) is 0 Å². The Kier molecular flexibility index (Phi) is 6.64. The first-order valence-electron chi connectivity index (χ1n) is 15.0. The predicted molar refractivity (Wildman–Crippen MR) is 165 cm³/mol. The number of fused-ring (bicyclic) bond motifs is 1. The van der Waals surface area contributed by atoms with Crippen molar-refractivity contribution >= 4 is 46.3 Å². The molecule has 5 aliphatic rings. The SMILES string of the molecule is CN(C)c1ccccc1NC(=O)NC1C(=O)N(c2ccccc2)c2ccccc2N(C2C3CC4CC(C3)CC2C4)C1=O. The Hall–Kier alpha value is -4.33. The summed E-state index contributed by atoms with van der Waals surface area (Å²) in [6.07, 6.45) is 5.81. The molecule has 0 spiro atoms. The van der Waals surface area contributed by atoms with Crippen LogP contribution in [0.25, 0.3) is 0 Å². The second kappa shape index (κ2) is 10.5. The van der Waals surface area contributed by atoms with Crippen molar-refractivity contribution in [3.05, 3.63) is 78.9 Å². The van der Waals surface area contributed by atoms with E-state index in [4.69, 9.17) is 0 Å². The zero-order valence-corrected chi connectivity index (χ0v) is 24.1. The maximum atomic E-state index is 14.7. The maximum absolute atomic E-state index is 14.7. The molecule has 1 heterocycles. The van der Waals surface area contributed by atoms with Gasteiger partial charge in [-0.15, -0.1) is 0 Å². The van der Waals surface area contributed by atoms with Gasteiger partial charge >= 0.3 is 6.03 Å². The van der Waals surface area contributed by atoms with Crippen LogP contribution in [0.3, 0.4) is 0 Å². The standard InChI is InChI=1S/C34H37N5O3/c1-37(2)27-13-7-6-12-26(27)35-34(42)36-30-32(40)38(25-10-4-3-5-11-25)28-14-8-9-15-29(28)39(33(30)41)31-23-17-21-16-22(19-23)20-24(31)18-21/h3-15,21-24,30-31H,16-20H2,1-2H3,(H2,35,36,42). The minimum absolute atomic E-state index is 0.0109. The Morgan fingerprint density at radius 3 is 2.00 bits per heavy atom. The number of rotatable bonds is 5. The number of nitrogens with one attached hydrogen (secondary N) is 2. The number of carbonyl (C=O) groups is 3. The Bertz CT molecular complexity index is 1490. The van der Waals surface area contributed by atoms with Crippen LogP contribution in [0.5, 0.6) is 0 Å². The minimum atomic E-state index is -1.39. The molecule has 1 unspecified atom stereocenters. The fourth-order valence-corrected chi connectivity index (χ4v) is 8.32. The molecule has 0 aromatic heterocycles. The summed E-state index contributed by atoms with van der Waals surface area (Å²) in [5.74, 6) is 1.44. The molecule has 216 valence electrons. The van der Waals surface area contributed by atoms with Crippen molar-refractivity contribution in [1.82, 2.24) is 5.32 Å². The van der Waals surface area contributed by atoms with Gasteiger partial charge in [0.25, 0.3) is 11.8 Å². The molecule has 42 heavy (non-hydrogen) atoms. The van der Waals surface area contributed by atoms with E-state index in [1.54, 1.807) is 11.0 Å². The fraction of sp³-hybridized carbons (Fsp3) is 0.382. The molecule has 4 amide bonds. The first kappa shape index (κ1) is 26.6. The predicted octanol–water partition coefficient (Wildman–Crippen LogP) is 5.78. The van der Waals surface area contributed by atoms with E-state index in [0.29, 0.717) is 28.9 Å². The molecule has 4 aliphatic carbocycles. The van der Waals surface area contributed by atoms with Gasteiger partial charge in [0.1, 0.15) is 0 Å². The number of benzene rings is 3. The lowest BCUT2D eigenvalue weighted by Gasteiger charge is -2.57. The molecule has 4 fully saturated rings. The van der Waals surface area contributed by atoms with Crippen LogP contribution in [0.2, 0.25) is 0 Å². The van der Waals surface area contributed by atoms with E-state index < -0.39 is 18.0 Å². The summed E-state index contributed by atoms with van der Waals surface area (Å²) in [4.78, 5) is 48.1. The van der Waals surface area contributed by atoms with E-state index >= 15 is 0 Å². The van der Waals surface area contributed by atoms with Crippen LogP contribution in [-0.2, 0) is 9.59 Å². The molecule has 0 radical (unpaired) electrons. The smallest absolute Gasteiger partial charge is 0.320 e. The van der Waals surface area contributed by atoms with Crippen molar-refractivity contribution in [2.45, 2.75) is 44.2 Å². The zero-order valence-electron chi connectivity index (χ0n) is 24.1. The van der Waals surface area contributed by atoms with E-state index in [9.17, 15) is 14.4 Å². The molecular formula is C34H37N5O3. The molecule has 0 saturated heterocycles. The topological polar surface area (TPSA) is 85.0 Å². The summed E-state index contributed by atoms with van der Waals surface area (Å²) in [6.45, 7) is 0. The van der Waals surface area contributed by atoms with Crippen LogP contribution >= 0.6 is 0 Å². The summed E-state index contributed by atoms with van der Waals surface area (Å²) in [5, 5.41) is 5.70. The van der Waals surface area contributed by atoms with Gasteiger partial charge in [-0.3, -0.25) is 14.5 Å². The van der Waals surface area contributed by atoms with Gasteiger partial charge in [-0.1, -0.05) is 42.5 Å². The van der Waals surface area contributed by atoms with E-state index in [2.05, 4.69) is 10.6 Å². The summed E-state index contributed by atoms with van der Waals surface area (Å²) >= 11 is 0. The van der Waals surface area contributed by atoms with E-state index in [-0.39, 0.29) is 11.9 Å². The average molecular weight is 564 g/mol. The quantitative estimate of drug-likeness (QED) is 0.386. The summed E-state index contributed by atoms with van der Waals surface area (Å²) in [7, 11) is 3.79. The summed E-state index contributed by atoms with van der Waals surface area (Å²) < 4.78 is 0. The molecule has 8 heteroatoms. The van der Waals surface area contributed by atoms with Gasteiger partial charge < -0.3 is 20.4 Å². The number of para-hydroxylation sites is 5. The van der Waals surface area contributed by atoms with Crippen LogP contribution in [-0.4, -0.2) is 44.0 Å². The number of hydrogen-bond donors (Lipinski definition) is 2. The average Bonchev–Trinajstić information content (AvgIpc) is 3.06. The number of urea groups is 1. The third kappa shape index (κ3) is 4.49. The van der Waals surface area contributed by atoms with Crippen LogP contribution < -0.4 is 25.3 Å². The largest absolute Gasteiger partial charge is 0.376 e. The Morgan fingerprint density at radius 1 is 0.738 bits per heavy atom. The van der Waals surface area contributed by atoms with E-state index in [1.165, 1.54) is 6.42 Å². The number of anilines is 5. The van der Waals surface area contributed by atoms with Crippen molar-refractivity contribution in [3.8, 4) is 0 Å². The van der Waals surface area contributed by atoms with Gasteiger partial charge in [0.15, 0.2) is 6.04 Å². The maximum Gasteiger partial charge on any atom is 0.320 e. The lowest BCUT2D eigenvalue weighted by Crippen LogP contribution is -2.62. The van der Waals surface area contributed by atoms with Crippen molar-refractivity contribution in [2.75, 3.05) is 34.1 Å². The van der Waals surface area contributed by atoms with Gasteiger partial charge in [0.05, 0.1) is 22.7 Å². The third-order valence-corrected chi connectivity index (χ3v) is 9.73. The Balaban J connectivity index is 1.30. The zero-order chi connectivity index (χ0) is 29.0. The molecule has 4 bridgehead atoms. The molecule has 8 nitrogen and oxygen atoms in total. The molecule has 4 saturated carbocycles. The highest BCUT2D eigenvalue weighted by Crippen LogP contribution is 2.56. The highest BCUT2D eigenvalue weighted by atomic mass is 16.2. The summed E-state index contributed by atoms with van der Waals surface area (Å²) in [6, 6.07) is 22.5. The van der Waals surface area contributed by atoms with Crippen LogP contribution in [0.4, 0.5) is 33.2 Å². The summed E-state index contributed by atoms with van der Waals surface area (Å²) in [5.41, 5.74) is 3.47. The van der Waals surface area contributed by atoms with Gasteiger partial charge in [-0.25, -0.2) is 4.79 Å². The third-order valence-electron chi connectivity index (χ3n) is 9.73. The monoisotopic (exact) mass is 563 g/mol. The van der Waals surface area contributed by atoms with Crippen molar-refractivity contribution in [2.24, 2.45) is 23.7 Å². The normalized spacial score (nSPS) is 27.9. The number of amides is 4. The van der Waals surface area contributed by atoms with E-state index in [1.807, 2.05) is 96.7 Å². The molecule has 2 N–H and O–H groups in total. The van der Waals surface area contributed by atoms with Gasteiger partial charge in [-0.05, 0) is 92.2 Å². The first-order valence-corrected chi connectivity index (χ1v) is 15.0. The van der Waals surface area contributed by atoms with E-state index in [0.717, 1.165) is 48.9 Å². The van der Waals surface area contributed by atoms with Crippen LogP contribution in [0.15, 0.2) is 78.9 Å². The molecule has 3 aromatic carbocycles. The highest BCUT2D eigenvalue weighted by molar-refractivity contribution is 6.24. The Morgan fingerprint density at radius 2 is 1.33 bits per heavy atom. The first-order chi connectivity index (χ1) is 20.4. The number of carbonyl (C=O) groups excluding carboxylic acids is 3. The molecule has 1 atom stereocenters. The second-order valence-corrected chi connectivity index (χ2v) is 12.6. The lowest BCUT2D eigenvalue weighted by molar-refractivity contribution is -0.130. The van der Waals surface area contributed by atoms with Crippen molar-refractivity contribution in [3.63, 3.8) is 0 Å². The number of hydrogen-bond acceptors (Lipinski definition) is 4. The molecular weight excluding hydrogens is 526 g/mol. The number of nitrogens with zero attached hydrogens (tertiary/aromatic N) is 3. The minimum Gasteiger partial charge on any atom is -0.376 e. The van der Waals surface area contributed by atoms with Gasteiger partial charge in [0.2, 0.25) is 0 Å². The van der Waals surface area contributed by atoms with Crippen molar-refractivity contribution < 1.29 is 14.4 Å². The lowest BCUT2D eigenvalue weighted by atomic mass is 9.53. The molecule has 3 aromatic rings. The van der Waals surface area contributed by atoms with Crippen LogP contribution in [0, 0.1) is 23.7 Å². The molecule has 1 aliphatic heterocycles. The highest BCUT2D eigenvalue weighted by Gasteiger charge is 2.54. The van der Waals surface area contributed by atoms with Crippen molar-refractivity contribution in [1.29, 1.82) is 0 Å². The van der Waals surface area contributed by atoms with Crippen LogP contribution in [0.1, 0.15) is 32.1 Å². The Labute approximate surface area is 246 Å². The fourth-order valence-electron chi connectivity index (χ4n) is 8.32.